The minimum absolute atomic E-state index is 0.183. The molecule has 1 aromatic rings. The molecule has 3 N–H and O–H groups in total. The number of rotatable bonds is 4. The lowest BCUT2D eigenvalue weighted by molar-refractivity contribution is 0.476. The Balaban J connectivity index is 2.07. The molecule has 1 heterocycles. The van der Waals surface area contributed by atoms with Gasteiger partial charge in [0.25, 0.3) is 0 Å². The van der Waals surface area contributed by atoms with E-state index in [1.54, 1.807) is 0 Å². The molecule has 0 spiro atoms. The van der Waals surface area contributed by atoms with Crippen LogP contribution >= 0.6 is 11.8 Å². The van der Waals surface area contributed by atoms with Crippen LogP contribution < -0.4 is 10.5 Å². The fraction of sp³-hybridized carbons (Fsp3) is 0.500. The van der Waals surface area contributed by atoms with E-state index in [0.29, 0.717) is 12.5 Å². The maximum atomic E-state index is 13.3. The van der Waals surface area contributed by atoms with Gasteiger partial charge < -0.3 is 5.73 Å². The summed E-state index contributed by atoms with van der Waals surface area (Å²) in [6.45, 7) is 0.388. The average Bonchev–Trinajstić information content (AvgIpc) is 2.41. The van der Waals surface area contributed by atoms with Gasteiger partial charge in [0.1, 0.15) is 10.7 Å². The fourth-order valence-electron chi connectivity index (χ4n) is 2.01. The zero-order valence-corrected chi connectivity index (χ0v) is 12.1. The van der Waals surface area contributed by atoms with Crippen molar-refractivity contribution in [3.63, 3.8) is 0 Å². The van der Waals surface area contributed by atoms with Crippen molar-refractivity contribution in [3.8, 4) is 0 Å². The summed E-state index contributed by atoms with van der Waals surface area (Å²) in [6, 6.07) is 3.81. The van der Waals surface area contributed by atoms with Gasteiger partial charge in [-0.1, -0.05) is 6.07 Å². The topological polar surface area (TPSA) is 72.2 Å². The summed E-state index contributed by atoms with van der Waals surface area (Å²) in [4.78, 5) is -0.183. The van der Waals surface area contributed by atoms with Crippen molar-refractivity contribution in [2.45, 2.75) is 17.7 Å². The maximum absolute atomic E-state index is 13.3. The van der Waals surface area contributed by atoms with Gasteiger partial charge >= 0.3 is 0 Å². The molecule has 2 rings (SSSR count). The number of thioether (sulfide) groups is 1. The monoisotopic (exact) mass is 304 g/mol. The van der Waals surface area contributed by atoms with Gasteiger partial charge in [0.05, 0.1) is 5.69 Å². The summed E-state index contributed by atoms with van der Waals surface area (Å²) in [5.74, 6) is 1.77. The zero-order valence-electron chi connectivity index (χ0n) is 10.4. The van der Waals surface area contributed by atoms with Crippen molar-refractivity contribution in [3.05, 3.63) is 24.0 Å². The predicted octanol–water partition coefficient (Wildman–Crippen LogP) is 1.83. The van der Waals surface area contributed by atoms with E-state index in [4.69, 9.17) is 5.73 Å². The molecule has 0 atom stereocenters. The summed E-state index contributed by atoms with van der Waals surface area (Å²) in [6.07, 6.45) is 2.01. The highest BCUT2D eigenvalue weighted by Gasteiger charge is 2.21. The molecule has 0 unspecified atom stereocenters. The second-order valence-corrected chi connectivity index (χ2v) is 7.52. The molecule has 1 aromatic carbocycles. The van der Waals surface area contributed by atoms with E-state index < -0.39 is 15.8 Å². The molecule has 19 heavy (non-hydrogen) atoms. The Morgan fingerprint density at radius 2 is 2.05 bits per heavy atom. The molecule has 4 nitrogen and oxygen atoms in total. The standard InChI is InChI=1S/C12H17FN2O2S2/c13-10-2-1-3-11(12(10)14)19(16,17)15-8-9-4-6-18-7-5-9/h1-3,9,15H,4-8,14H2. The van der Waals surface area contributed by atoms with Crippen molar-refractivity contribution in [1.29, 1.82) is 0 Å². The second-order valence-electron chi connectivity index (χ2n) is 4.56. The predicted molar refractivity (Wildman–Crippen MR) is 76.0 cm³/mol. The first-order chi connectivity index (χ1) is 9.00. The molecule has 0 bridgehead atoms. The van der Waals surface area contributed by atoms with Crippen molar-refractivity contribution in [2.24, 2.45) is 5.92 Å². The van der Waals surface area contributed by atoms with Crippen LogP contribution in [-0.4, -0.2) is 26.5 Å². The number of hydrogen-bond acceptors (Lipinski definition) is 4. The SMILES string of the molecule is Nc1c(F)cccc1S(=O)(=O)NCC1CCSCC1. The van der Waals surface area contributed by atoms with Crippen LogP contribution in [0.2, 0.25) is 0 Å². The minimum Gasteiger partial charge on any atom is -0.395 e. The maximum Gasteiger partial charge on any atom is 0.242 e. The summed E-state index contributed by atoms with van der Waals surface area (Å²) in [5, 5.41) is 0. The number of halogens is 1. The van der Waals surface area contributed by atoms with Gasteiger partial charge in [0.15, 0.2) is 0 Å². The van der Waals surface area contributed by atoms with Gasteiger partial charge in [0.2, 0.25) is 10.0 Å². The number of nitrogens with two attached hydrogens (primary N) is 1. The first-order valence-corrected chi connectivity index (χ1v) is 8.76. The van der Waals surface area contributed by atoms with Gasteiger partial charge in [-0.2, -0.15) is 11.8 Å². The lowest BCUT2D eigenvalue weighted by Gasteiger charge is -2.21. The van der Waals surface area contributed by atoms with E-state index in [0.717, 1.165) is 30.4 Å². The van der Waals surface area contributed by atoms with Crippen molar-refractivity contribution in [2.75, 3.05) is 23.8 Å². The molecular formula is C12H17FN2O2S2. The van der Waals surface area contributed by atoms with Crippen LogP contribution in [0, 0.1) is 11.7 Å². The average molecular weight is 304 g/mol. The van der Waals surface area contributed by atoms with Crippen LogP contribution in [0.1, 0.15) is 12.8 Å². The molecule has 0 aromatic heterocycles. The van der Waals surface area contributed by atoms with Gasteiger partial charge in [-0.3, -0.25) is 0 Å². The normalized spacial score (nSPS) is 17.5. The highest BCUT2D eigenvalue weighted by molar-refractivity contribution is 7.99. The highest BCUT2D eigenvalue weighted by Crippen LogP contribution is 2.24. The first-order valence-electron chi connectivity index (χ1n) is 6.12. The number of benzene rings is 1. The van der Waals surface area contributed by atoms with E-state index in [1.807, 2.05) is 11.8 Å². The van der Waals surface area contributed by atoms with Crippen LogP contribution in [0.3, 0.4) is 0 Å². The Morgan fingerprint density at radius 1 is 1.37 bits per heavy atom. The number of anilines is 1. The van der Waals surface area contributed by atoms with Gasteiger partial charge in [0, 0.05) is 6.54 Å². The first kappa shape index (κ1) is 14.6. The van der Waals surface area contributed by atoms with Crippen LogP contribution in [0.25, 0.3) is 0 Å². The van der Waals surface area contributed by atoms with Crippen LogP contribution in [-0.2, 0) is 10.0 Å². The lowest BCUT2D eigenvalue weighted by atomic mass is 10.0. The summed E-state index contributed by atoms with van der Waals surface area (Å²) < 4.78 is 40.0. The molecule has 1 saturated heterocycles. The summed E-state index contributed by atoms with van der Waals surface area (Å²) in [5.41, 5.74) is 5.16. The number of nitrogens with one attached hydrogen (secondary N) is 1. The van der Waals surface area contributed by atoms with Gasteiger partial charge in [-0.05, 0) is 42.4 Å². The van der Waals surface area contributed by atoms with E-state index in [1.165, 1.54) is 12.1 Å². The van der Waals surface area contributed by atoms with E-state index in [-0.39, 0.29) is 10.6 Å². The molecule has 1 aliphatic rings. The molecule has 1 aliphatic heterocycles. The lowest BCUT2D eigenvalue weighted by Crippen LogP contribution is -2.31. The van der Waals surface area contributed by atoms with Crippen molar-refractivity contribution >= 4 is 27.5 Å². The minimum atomic E-state index is -3.73. The van der Waals surface area contributed by atoms with Gasteiger partial charge in [-0.25, -0.2) is 17.5 Å². The van der Waals surface area contributed by atoms with E-state index in [2.05, 4.69) is 4.72 Å². The van der Waals surface area contributed by atoms with Gasteiger partial charge in [-0.15, -0.1) is 0 Å². The Morgan fingerprint density at radius 3 is 2.74 bits per heavy atom. The number of hydrogen-bond donors (Lipinski definition) is 2. The van der Waals surface area contributed by atoms with Crippen LogP contribution in [0.15, 0.2) is 23.1 Å². The molecule has 0 amide bonds. The van der Waals surface area contributed by atoms with Crippen molar-refractivity contribution < 1.29 is 12.8 Å². The Labute approximate surface area is 117 Å². The summed E-state index contributed by atoms with van der Waals surface area (Å²) >= 11 is 1.89. The summed E-state index contributed by atoms with van der Waals surface area (Å²) in [7, 11) is -3.73. The van der Waals surface area contributed by atoms with Crippen LogP contribution in [0.5, 0.6) is 0 Å². The smallest absolute Gasteiger partial charge is 0.242 e. The largest absolute Gasteiger partial charge is 0.395 e. The van der Waals surface area contributed by atoms with Crippen LogP contribution in [0.4, 0.5) is 10.1 Å². The Bertz CT molecular complexity index is 543. The molecule has 106 valence electrons. The molecular weight excluding hydrogens is 287 g/mol. The fourth-order valence-corrected chi connectivity index (χ4v) is 4.47. The molecule has 0 saturated carbocycles. The molecule has 7 heteroatoms. The Kier molecular flexibility index (Phi) is 4.70. The third-order valence-corrected chi connectivity index (χ3v) is 5.74. The highest BCUT2D eigenvalue weighted by atomic mass is 32.2. The number of nitrogen functional groups attached to an aromatic ring is 1. The number of sulfonamides is 1. The molecule has 1 fully saturated rings. The number of para-hydroxylation sites is 1. The Hall–Kier alpha value is -0.790. The second kappa shape index (κ2) is 6.11. The third-order valence-electron chi connectivity index (χ3n) is 3.21. The molecule has 0 radical (unpaired) electrons. The van der Waals surface area contributed by atoms with Crippen molar-refractivity contribution in [1.82, 2.24) is 4.72 Å². The quantitative estimate of drug-likeness (QED) is 0.833. The van der Waals surface area contributed by atoms with E-state index in [9.17, 15) is 12.8 Å². The molecule has 0 aliphatic carbocycles. The third kappa shape index (κ3) is 3.61. The zero-order chi connectivity index (χ0) is 13.9. The van der Waals surface area contributed by atoms with E-state index >= 15 is 0 Å².